The Balaban J connectivity index is 1.31. The number of rotatable bonds is 6. The van der Waals surface area contributed by atoms with Crippen molar-refractivity contribution in [1.29, 1.82) is 0 Å². The molecule has 2 atom stereocenters. The number of carbonyl (C=O) groups is 2. The lowest BCUT2D eigenvalue weighted by Gasteiger charge is -2.61. The van der Waals surface area contributed by atoms with Crippen LogP contribution in [0.5, 0.6) is 0 Å². The Morgan fingerprint density at radius 3 is 2.45 bits per heavy atom. The third kappa shape index (κ3) is 4.09. The zero-order chi connectivity index (χ0) is 23.2. The smallest absolute Gasteiger partial charge is 0.312 e. The Hall–Kier alpha value is -2.27. The number of anilines is 1. The molecule has 4 nitrogen and oxygen atoms in total. The van der Waals surface area contributed by atoms with Gasteiger partial charge < -0.3 is 10.1 Å². The molecule has 0 spiro atoms. The zero-order valence-corrected chi connectivity index (χ0v) is 20.6. The van der Waals surface area contributed by atoms with Gasteiger partial charge in [-0.1, -0.05) is 30.3 Å². The highest BCUT2D eigenvalue weighted by Crippen LogP contribution is 2.66. The van der Waals surface area contributed by atoms with E-state index < -0.39 is 5.41 Å². The number of amides is 1. The van der Waals surface area contributed by atoms with Gasteiger partial charge in [-0.25, -0.2) is 0 Å². The fraction of sp³-hybridized carbons (Fsp3) is 0.500. The molecule has 4 bridgehead atoms. The lowest BCUT2D eigenvalue weighted by Crippen LogP contribution is -2.57. The van der Waals surface area contributed by atoms with Crippen LogP contribution in [0.1, 0.15) is 55.2 Å². The van der Waals surface area contributed by atoms with Crippen molar-refractivity contribution in [2.24, 2.45) is 17.3 Å². The highest BCUT2D eigenvalue weighted by Gasteiger charge is 2.61. The van der Waals surface area contributed by atoms with E-state index in [9.17, 15) is 9.59 Å². The largest absolute Gasteiger partial charge is 0.455 e. The van der Waals surface area contributed by atoms with Gasteiger partial charge in [0.15, 0.2) is 6.61 Å². The Morgan fingerprint density at radius 1 is 1.03 bits per heavy atom. The maximum Gasteiger partial charge on any atom is 0.312 e. The number of para-hydroxylation sites is 1. The third-order valence-corrected chi connectivity index (χ3v) is 9.12. The van der Waals surface area contributed by atoms with Crippen molar-refractivity contribution in [2.75, 3.05) is 18.2 Å². The van der Waals surface area contributed by atoms with E-state index in [4.69, 9.17) is 4.74 Å². The monoisotopic (exact) mass is 463 g/mol. The first-order valence-corrected chi connectivity index (χ1v) is 13.2. The minimum absolute atomic E-state index is 0.0705. The highest BCUT2D eigenvalue weighted by atomic mass is 32.2. The van der Waals surface area contributed by atoms with E-state index in [-0.39, 0.29) is 23.9 Å². The van der Waals surface area contributed by atoms with Gasteiger partial charge in [0.2, 0.25) is 0 Å². The van der Waals surface area contributed by atoms with Gasteiger partial charge in [0, 0.05) is 4.90 Å². The van der Waals surface area contributed by atoms with Crippen LogP contribution in [0.2, 0.25) is 0 Å². The van der Waals surface area contributed by atoms with E-state index in [0.29, 0.717) is 11.8 Å². The number of aryl methyl sites for hydroxylation is 2. The molecular formula is C28H33NO3S. The first kappa shape index (κ1) is 22.5. The molecule has 174 valence electrons. The van der Waals surface area contributed by atoms with Gasteiger partial charge >= 0.3 is 5.97 Å². The lowest BCUT2D eigenvalue weighted by molar-refractivity contribution is -0.175. The molecule has 6 rings (SSSR count). The summed E-state index contributed by atoms with van der Waals surface area (Å²) >= 11 is 1.58. The van der Waals surface area contributed by atoms with Gasteiger partial charge in [-0.05, 0) is 105 Å². The number of carbonyl (C=O) groups excluding carboxylic acids is 2. The van der Waals surface area contributed by atoms with Gasteiger partial charge in [0.25, 0.3) is 5.91 Å². The molecule has 33 heavy (non-hydrogen) atoms. The van der Waals surface area contributed by atoms with Crippen molar-refractivity contribution in [3.05, 3.63) is 59.2 Å². The van der Waals surface area contributed by atoms with Crippen LogP contribution in [0.4, 0.5) is 5.69 Å². The summed E-state index contributed by atoms with van der Waals surface area (Å²) in [6.07, 6.45) is 8.22. The number of benzene rings is 2. The predicted octanol–water partition coefficient (Wildman–Crippen LogP) is 6.05. The van der Waals surface area contributed by atoms with Gasteiger partial charge in [0.05, 0.1) is 11.1 Å². The van der Waals surface area contributed by atoms with Gasteiger partial charge in [-0.15, -0.1) is 11.8 Å². The minimum atomic E-state index is -0.444. The van der Waals surface area contributed by atoms with Crippen LogP contribution in [-0.2, 0) is 19.7 Å². The van der Waals surface area contributed by atoms with Crippen molar-refractivity contribution < 1.29 is 14.3 Å². The molecule has 0 aromatic heterocycles. The molecule has 2 unspecified atom stereocenters. The molecule has 0 aliphatic heterocycles. The summed E-state index contributed by atoms with van der Waals surface area (Å²) in [6, 6.07) is 14.5. The number of hydrogen-bond acceptors (Lipinski definition) is 4. The second kappa shape index (κ2) is 8.50. The summed E-state index contributed by atoms with van der Waals surface area (Å²) in [4.78, 5) is 27.0. The fourth-order valence-corrected chi connectivity index (χ4v) is 7.68. The van der Waals surface area contributed by atoms with Crippen LogP contribution >= 0.6 is 11.8 Å². The second-order valence-electron chi connectivity index (χ2n) is 10.6. The highest BCUT2D eigenvalue weighted by molar-refractivity contribution is 7.98. The SMILES string of the molecule is CSc1ccccc1NC(=O)COC(=O)C12CC3CC(C1)CC(c1ccc(C)c(C)c1)(C3)C2. The number of esters is 1. The summed E-state index contributed by atoms with van der Waals surface area (Å²) in [5.74, 6) is 0.696. The van der Waals surface area contributed by atoms with E-state index in [2.05, 4.69) is 37.4 Å². The molecule has 1 amide bonds. The van der Waals surface area contributed by atoms with E-state index >= 15 is 0 Å². The maximum atomic E-state index is 13.5. The molecule has 2 aromatic carbocycles. The Morgan fingerprint density at radius 2 is 1.76 bits per heavy atom. The molecule has 0 heterocycles. The van der Waals surface area contributed by atoms with E-state index in [1.54, 1.807) is 11.8 Å². The Kier molecular flexibility index (Phi) is 5.80. The predicted molar refractivity (Wildman–Crippen MR) is 133 cm³/mol. The molecule has 1 N–H and O–H groups in total. The lowest BCUT2D eigenvalue weighted by atomic mass is 9.43. The van der Waals surface area contributed by atoms with E-state index in [0.717, 1.165) is 29.8 Å². The number of thioether (sulfide) groups is 1. The molecule has 0 saturated heterocycles. The number of ether oxygens (including phenoxy) is 1. The van der Waals surface area contributed by atoms with Crippen molar-refractivity contribution in [1.82, 2.24) is 0 Å². The van der Waals surface area contributed by atoms with Crippen LogP contribution in [0.15, 0.2) is 47.4 Å². The van der Waals surface area contributed by atoms with Gasteiger partial charge in [-0.3, -0.25) is 9.59 Å². The molecule has 4 saturated carbocycles. The average molecular weight is 464 g/mol. The number of hydrogen-bond donors (Lipinski definition) is 1. The van der Waals surface area contributed by atoms with E-state index in [1.807, 2.05) is 30.5 Å². The molecule has 4 aliphatic carbocycles. The van der Waals surface area contributed by atoms with Crippen molar-refractivity contribution in [2.45, 2.75) is 62.7 Å². The van der Waals surface area contributed by atoms with Crippen LogP contribution in [0, 0.1) is 31.1 Å². The molecule has 4 fully saturated rings. The summed E-state index contributed by atoms with van der Waals surface area (Å²) in [5.41, 5.74) is 4.41. The van der Waals surface area contributed by atoms with Gasteiger partial charge in [0.1, 0.15) is 0 Å². The quantitative estimate of drug-likeness (QED) is 0.419. The molecule has 0 radical (unpaired) electrons. The normalized spacial score (nSPS) is 29.7. The van der Waals surface area contributed by atoms with Crippen LogP contribution in [0.3, 0.4) is 0 Å². The van der Waals surface area contributed by atoms with Crippen molar-refractivity contribution in [3.8, 4) is 0 Å². The maximum absolute atomic E-state index is 13.5. The van der Waals surface area contributed by atoms with Crippen LogP contribution in [0.25, 0.3) is 0 Å². The molecule has 4 aliphatic rings. The minimum Gasteiger partial charge on any atom is -0.455 e. The molecule has 2 aromatic rings. The summed E-state index contributed by atoms with van der Waals surface area (Å²) < 4.78 is 5.70. The van der Waals surface area contributed by atoms with Crippen LogP contribution in [-0.4, -0.2) is 24.7 Å². The summed E-state index contributed by atoms with van der Waals surface area (Å²) in [6.45, 7) is 4.10. The van der Waals surface area contributed by atoms with Crippen LogP contribution < -0.4 is 5.32 Å². The third-order valence-electron chi connectivity index (χ3n) is 8.33. The average Bonchev–Trinajstić information content (AvgIpc) is 2.78. The summed E-state index contributed by atoms with van der Waals surface area (Å²) in [5, 5.41) is 2.90. The second-order valence-corrected chi connectivity index (χ2v) is 11.5. The molecular weight excluding hydrogens is 430 g/mol. The Bertz CT molecular complexity index is 1080. The van der Waals surface area contributed by atoms with Crippen molar-refractivity contribution in [3.63, 3.8) is 0 Å². The standard InChI is InChI=1S/C28H33NO3S/c1-18-8-9-22(10-19(18)2)27-12-20-11-21(13-27)15-28(14-20,17-27)26(31)32-16-25(30)29-23-6-4-5-7-24(23)33-3/h4-10,20-21H,11-17H2,1-3H3,(H,29,30). The number of nitrogens with one attached hydrogen (secondary N) is 1. The topological polar surface area (TPSA) is 55.4 Å². The first-order chi connectivity index (χ1) is 15.8. The molecule has 5 heteroatoms. The fourth-order valence-electron chi connectivity index (χ4n) is 7.13. The first-order valence-electron chi connectivity index (χ1n) is 12.0. The van der Waals surface area contributed by atoms with Crippen molar-refractivity contribution >= 4 is 29.3 Å². The Labute approximate surface area is 200 Å². The summed E-state index contributed by atoms with van der Waals surface area (Å²) in [7, 11) is 0. The van der Waals surface area contributed by atoms with Gasteiger partial charge in [-0.2, -0.15) is 0 Å². The zero-order valence-electron chi connectivity index (χ0n) is 19.8. The van der Waals surface area contributed by atoms with E-state index in [1.165, 1.54) is 36.0 Å².